The Morgan fingerprint density at radius 2 is 1.12 bits per heavy atom. The lowest BCUT2D eigenvalue weighted by Crippen LogP contribution is -2.03. The zero-order chi connectivity index (χ0) is 29.5. The van der Waals surface area contributed by atoms with Crippen LogP contribution in [0, 0.1) is 13.8 Å². The molecule has 0 saturated carbocycles. The van der Waals surface area contributed by atoms with Gasteiger partial charge in [0.25, 0.3) is 20.2 Å². The topological polar surface area (TPSA) is 184 Å². The van der Waals surface area contributed by atoms with Gasteiger partial charge in [0.05, 0.1) is 22.7 Å². The van der Waals surface area contributed by atoms with Crippen LogP contribution in [0.4, 0.5) is 28.4 Å². The molecule has 41 heavy (non-hydrogen) atoms. The van der Waals surface area contributed by atoms with Crippen molar-refractivity contribution in [3.05, 3.63) is 90.0 Å². The van der Waals surface area contributed by atoms with E-state index in [0.717, 1.165) is 28.5 Å². The normalized spacial score (nSPS) is 12.7. The van der Waals surface area contributed by atoms with Gasteiger partial charge in [-0.2, -0.15) is 32.2 Å². The third kappa shape index (κ3) is 5.69. The molecule has 0 spiro atoms. The van der Waals surface area contributed by atoms with Gasteiger partial charge in [0.15, 0.2) is 0 Å². The van der Waals surface area contributed by atoms with Crippen molar-refractivity contribution >= 4 is 70.2 Å². The van der Waals surface area contributed by atoms with Crippen molar-refractivity contribution in [3.8, 4) is 0 Å². The molecule has 0 aliphatic rings. The summed E-state index contributed by atoms with van der Waals surface area (Å²) in [4.78, 5) is -1.11. The molecule has 0 unspecified atom stereocenters. The fraction of sp³-hybridized carbons (Fsp3) is 0.0714. The Bertz CT molecular complexity index is 2140. The first-order valence-electron chi connectivity index (χ1n) is 12.1. The van der Waals surface area contributed by atoms with E-state index in [1.165, 1.54) is 18.2 Å². The summed E-state index contributed by atoms with van der Waals surface area (Å²) in [6, 6.07) is 20.7. The van der Waals surface area contributed by atoms with E-state index >= 15 is 0 Å². The zero-order valence-corrected chi connectivity index (χ0v) is 23.3. The van der Waals surface area contributed by atoms with E-state index in [9.17, 15) is 25.9 Å². The number of aryl methyl sites for hydroxylation is 2. The number of azo groups is 2. The average Bonchev–Trinajstić information content (AvgIpc) is 2.91. The molecule has 208 valence electrons. The first kappa shape index (κ1) is 28.0. The van der Waals surface area contributed by atoms with Gasteiger partial charge in [0, 0.05) is 27.2 Å². The first-order chi connectivity index (χ1) is 19.3. The lowest BCUT2D eigenvalue weighted by molar-refractivity contribution is 0.481. The van der Waals surface area contributed by atoms with Crippen LogP contribution in [0.2, 0.25) is 0 Å². The Morgan fingerprint density at radius 1 is 0.561 bits per heavy atom. The fourth-order valence-corrected chi connectivity index (χ4v) is 5.84. The predicted molar refractivity (Wildman–Crippen MR) is 156 cm³/mol. The van der Waals surface area contributed by atoms with Gasteiger partial charge >= 0.3 is 0 Å². The molecule has 13 heteroatoms. The average molecular weight is 590 g/mol. The number of benzene rings is 5. The van der Waals surface area contributed by atoms with Gasteiger partial charge < -0.3 is 5.73 Å². The third-order valence-electron chi connectivity index (χ3n) is 6.45. The summed E-state index contributed by atoms with van der Waals surface area (Å²) in [6.07, 6.45) is 0. The summed E-state index contributed by atoms with van der Waals surface area (Å²) in [5, 5.41) is 18.7. The smallest absolute Gasteiger partial charge is 0.295 e. The molecule has 0 heterocycles. The Kier molecular flexibility index (Phi) is 7.13. The van der Waals surface area contributed by atoms with Crippen LogP contribution in [0.25, 0.3) is 21.5 Å². The van der Waals surface area contributed by atoms with Gasteiger partial charge in [0.2, 0.25) is 0 Å². The number of hydrogen-bond donors (Lipinski definition) is 3. The molecule has 0 fully saturated rings. The zero-order valence-electron chi connectivity index (χ0n) is 21.7. The second kappa shape index (κ2) is 10.4. The van der Waals surface area contributed by atoms with E-state index in [0.29, 0.717) is 28.3 Å². The molecule has 0 bridgehead atoms. The summed E-state index contributed by atoms with van der Waals surface area (Å²) < 4.78 is 67.4. The van der Waals surface area contributed by atoms with E-state index in [1.807, 2.05) is 31.2 Å². The number of nitrogen functional groups attached to an aromatic ring is 1. The van der Waals surface area contributed by atoms with Crippen LogP contribution < -0.4 is 5.73 Å². The molecule has 0 atom stereocenters. The van der Waals surface area contributed by atoms with Crippen molar-refractivity contribution in [2.75, 3.05) is 5.73 Å². The summed E-state index contributed by atoms with van der Waals surface area (Å²) in [6.45, 7) is 3.60. The molecule has 0 aliphatic carbocycles. The molecule has 0 aromatic heterocycles. The molecule has 5 rings (SSSR count). The number of fused-ring (bicyclic) bond motifs is 2. The maximum atomic E-state index is 12.1. The quantitative estimate of drug-likeness (QED) is 0.104. The van der Waals surface area contributed by atoms with Gasteiger partial charge in [-0.25, -0.2) is 0 Å². The Balaban J connectivity index is 1.53. The maximum Gasteiger partial charge on any atom is 0.295 e. The molecule has 0 aliphatic heterocycles. The van der Waals surface area contributed by atoms with Gasteiger partial charge in [0.1, 0.15) is 9.79 Å². The van der Waals surface area contributed by atoms with E-state index in [-0.39, 0.29) is 16.5 Å². The number of rotatable bonds is 6. The summed E-state index contributed by atoms with van der Waals surface area (Å²) >= 11 is 0. The summed E-state index contributed by atoms with van der Waals surface area (Å²) in [5.41, 5.74) is 9.78. The van der Waals surface area contributed by atoms with Crippen LogP contribution in [0.3, 0.4) is 0 Å². The van der Waals surface area contributed by atoms with Crippen LogP contribution in [-0.4, -0.2) is 25.9 Å². The van der Waals surface area contributed by atoms with Crippen molar-refractivity contribution in [1.29, 1.82) is 0 Å². The number of nitrogens with zero attached hydrogens (tertiary/aromatic N) is 4. The number of nitrogens with two attached hydrogens (primary N) is 1. The molecule has 0 amide bonds. The molecule has 11 nitrogen and oxygen atoms in total. The van der Waals surface area contributed by atoms with E-state index in [1.54, 1.807) is 31.2 Å². The molecular weight excluding hydrogens is 566 g/mol. The second-order valence-corrected chi connectivity index (χ2v) is 12.1. The monoisotopic (exact) mass is 589 g/mol. The molecule has 5 aromatic rings. The van der Waals surface area contributed by atoms with E-state index in [4.69, 9.17) is 5.73 Å². The minimum absolute atomic E-state index is 0.0581. The van der Waals surface area contributed by atoms with Crippen LogP contribution in [-0.2, 0) is 20.2 Å². The molecule has 0 saturated heterocycles. The predicted octanol–water partition coefficient (Wildman–Crippen LogP) is 7.52. The Labute approximate surface area is 235 Å². The van der Waals surface area contributed by atoms with Crippen molar-refractivity contribution in [2.24, 2.45) is 20.5 Å². The Morgan fingerprint density at radius 3 is 1.76 bits per heavy atom. The summed E-state index contributed by atoms with van der Waals surface area (Å²) in [7, 11) is -9.48. The van der Waals surface area contributed by atoms with Gasteiger partial charge in [-0.3, -0.25) is 9.11 Å². The Hall–Kier alpha value is -4.56. The van der Waals surface area contributed by atoms with Crippen LogP contribution in [0.1, 0.15) is 11.1 Å². The standard InChI is InChI=1S/C28H23N5O6S2/c1-16-13-26(33-31-24-11-10-23(29)19-6-3-4-7-20(19)24)17(2)12-25(16)32-30-18-14-22-21(28(15-18)41(37,38)39)8-5-9-27(22)40(34,35)36/h3-15H,29H2,1-2H3,(H,34,35,36)(H,37,38,39). The van der Waals surface area contributed by atoms with Gasteiger partial charge in [-0.05, 0) is 67.4 Å². The fourth-order valence-electron chi connectivity index (χ4n) is 4.42. The minimum atomic E-state index is -4.77. The third-order valence-corrected chi connectivity index (χ3v) is 8.25. The van der Waals surface area contributed by atoms with Gasteiger partial charge in [-0.1, -0.05) is 36.4 Å². The SMILES string of the molecule is Cc1cc(N=Nc2ccc(N)c3ccccc23)c(C)cc1N=Nc1cc(S(=O)(=O)O)c2cccc(S(=O)(=O)O)c2c1. The number of anilines is 1. The minimum Gasteiger partial charge on any atom is -0.398 e. The van der Waals surface area contributed by atoms with Crippen LogP contribution in [0.5, 0.6) is 0 Å². The van der Waals surface area contributed by atoms with E-state index < -0.39 is 30.0 Å². The first-order valence-corrected chi connectivity index (χ1v) is 14.9. The van der Waals surface area contributed by atoms with Crippen LogP contribution >= 0.6 is 0 Å². The molecule has 5 aromatic carbocycles. The van der Waals surface area contributed by atoms with Crippen LogP contribution in [0.15, 0.2) is 109 Å². The largest absolute Gasteiger partial charge is 0.398 e. The highest BCUT2D eigenvalue weighted by atomic mass is 32.2. The molecule has 4 N–H and O–H groups in total. The highest BCUT2D eigenvalue weighted by molar-refractivity contribution is 7.86. The highest BCUT2D eigenvalue weighted by Crippen LogP contribution is 2.36. The number of hydrogen-bond acceptors (Lipinski definition) is 9. The maximum absolute atomic E-state index is 12.1. The highest BCUT2D eigenvalue weighted by Gasteiger charge is 2.21. The summed E-state index contributed by atoms with van der Waals surface area (Å²) in [5.74, 6) is 0. The van der Waals surface area contributed by atoms with Crippen molar-refractivity contribution < 1.29 is 25.9 Å². The lowest BCUT2D eigenvalue weighted by atomic mass is 10.1. The second-order valence-electron chi connectivity index (χ2n) is 9.29. The van der Waals surface area contributed by atoms with E-state index in [2.05, 4.69) is 20.5 Å². The molecule has 0 radical (unpaired) electrons. The molecular formula is C28H23N5O6S2. The van der Waals surface area contributed by atoms with Crippen molar-refractivity contribution in [2.45, 2.75) is 23.6 Å². The lowest BCUT2D eigenvalue weighted by Gasteiger charge is -2.09. The van der Waals surface area contributed by atoms with Crippen molar-refractivity contribution in [1.82, 2.24) is 0 Å². The van der Waals surface area contributed by atoms with Crippen molar-refractivity contribution in [3.63, 3.8) is 0 Å². The van der Waals surface area contributed by atoms with Gasteiger partial charge in [-0.15, -0.1) is 5.11 Å².